The smallest absolute Gasteiger partial charge is 0.343 e. The zero-order valence-electron chi connectivity index (χ0n) is 12.5. The van der Waals surface area contributed by atoms with Crippen LogP contribution in [-0.4, -0.2) is 19.0 Å². The number of benzene rings is 1. The van der Waals surface area contributed by atoms with Gasteiger partial charge in [-0.05, 0) is 24.3 Å². The summed E-state index contributed by atoms with van der Waals surface area (Å²) in [6.07, 6.45) is 1.59. The molecule has 0 aromatic heterocycles. The molecule has 0 amide bonds. The molecule has 0 saturated carbocycles. The van der Waals surface area contributed by atoms with E-state index in [1.807, 2.05) is 0 Å². The molecule has 122 valence electrons. The van der Waals surface area contributed by atoms with Gasteiger partial charge in [-0.25, -0.2) is 4.79 Å². The zero-order valence-corrected chi connectivity index (χ0v) is 14.8. The van der Waals surface area contributed by atoms with Crippen LogP contribution in [0.4, 0.5) is 0 Å². The van der Waals surface area contributed by atoms with Crippen LogP contribution in [0.2, 0.25) is 15.1 Å². The van der Waals surface area contributed by atoms with Crippen LogP contribution in [-0.2, 0) is 9.53 Å². The van der Waals surface area contributed by atoms with E-state index < -0.39 is 5.97 Å². The number of rotatable bonds is 6. The van der Waals surface area contributed by atoms with E-state index in [2.05, 4.69) is 20.8 Å². The zero-order chi connectivity index (χ0) is 16.9. The van der Waals surface area contributed by atoms with E-state index in [1.54, 1.807) is 0 Å². The maximum Gasteiger partial charge on any atom is 0.343 e. The van der Waals surface area contributed by atoms with Crippen molar-refractivity contribution in [3.8, 4) is 5.75 Å². The molecule has 0 atom stereocenters. The molecule has 0 bridgehead atoms. The van der Waals surface area contributed by atoms with Gasteiger partial charge in [0.2, 0.25) is 0 Å². The lowest BCUT2D eigenvalue weighted by Gasteiger charge is -2.18. The summed E-state index contributed by atoms with van der Waals surface area (Å²) in [5.41, 5.74) is -0.00288. The highest BCUT2D eigenvalue weighted by Gasteiger charge is 2.24. The maximum atomic E-state index is 12.2. The van der Waals surface area contributed by atoms with Crippen molar-refractivity contribution in [2.75, 3.05) is 6.61 Å². The van der Waals surface area contributed by atoms with Crippen molar-refractivity contribution in [2.24, 2.45) is 5.41 Å². The van der Waals surface area contributed by atoms with Crippen molar-refractivity contribution in [1.29, 1.82) is 0 Å². The summed E-state index contributed by atoms with van der Waals surface area (Å²) >= 11 is 17.8. The summed E-state index contributed by atoms with van der Waals surface area (Å²) in [5.74, 6) is -0.896. The van der Waals surface area contributed by atoms with Gasteiger partial charge in [-0.2, -0.15) is 0 Å². The van der Waals surface area contributed by atoms with Crippen LogP contribution in [0.3, 0.4) is 0 Å². The predicted octanol–water partition coefficient (Wildman–Crippen LogP) is 5.17. The van der Waals surface area contributed by atoms with E-state index in [9.17, 15) is 9.59 Å². The highest BCUT2D eigenvalue weighted by molar-refractivity contribution is 6.45. The topological polar surface area (TPSA) is 52.6 Å². The van der Waals surface area contributed by atoms with Gasteiger partial charge in [-0.1, -0.05) is 55.6 Å². The predicted molar refractivity (Wildman–Crippen MR) is 87.1 cm³/mol. The summed E-state index contributed by atoms with van der Waals surface area (Å²) in [6.45, 7) is 6.66. The van der Waals surface area contributed by atoms with Crippen molar-refractivity contribution in [1.82, 2.24) is 0 Å². The SMILES string of the molecule is CC(C)(C)CCCOC(=O)c1c(Cl)c(Cl)cc(Cl)c1OC=O. The van der Waals surface area contributed by atoms with Gasteiger partial charge in [0.1, 0.15) is 5.56 Å². The molecular formula is C15H17Cl3O4. The van der Waals surface area contributed by atoms with Gasteiger partial charge in [0.25, 0.3) is 6.47 Å². The number of halogens is 3. The molecule has 0 heterocycles. The lowest BCUT2D eigenvalue weighted by Crippen LogP contribution is -2.12. The minimum absolute atomic E-state index is 0.00291. The Morgan fingerprint density at radius 2 is 1.86 bits per heavy atom. The maximum absolute atomic E-state index is 12.2. The lowest BCUT2D eigenvalue weighted by molar-refractivity contribution is -0.120. The van der Waals surface area contributed by atoms with E-state index >= 15 is 0 Å². The van der Waals surface area contributed by atoms with E-state index in [-0.39, 0.29) is 44.9 Å². The Hall–Kier alpha value is -0.970. The summed E-state index contributed by atoms with van der Waals surface area (Å²) in [5, 5.41) is 0.0124. The Morgan fingerprint density at radius 3 is 2.41 bits per heavy atom. The molecule has 1 aromatic carbocycles. The van der Waals surface area contributed by atoms with Gasteiger partial charge in [0, 0.05) is 0 Å². The third-order valence-corrected chi connectivity index (χ3v) is 3.87. The molecule has 0 N–H and O–H groups in total. The second-order valence-corrected chi connectivity index (χ2v) is 7.06. The molecule has 0 radical (unpaired) electrons. The van der Waals surface area contributed by atoms with Crippen molar-refractivity contribution in [3.05, 3.63) is 26.7 Å². The molecule has 0 aliphatic heterocycles. The van der Waals surface area contributed by atoms with Crippen molar-refractivity contribution in [3.63, 3.8) is 0 Å². The Kier molecular flexibility index (Phi) is 6.98. The number of carbonyl (C=O) groups excluding carboxylic acids is 2. The van der Waals surface area contributed by atoms with Gasteiger partial charge >= 0.3 is 5.97 Å². The summed E-state index contributed by atoms with van der Waals surface area (Å²) in [4.78, 5) is 22.7. The lowest BCUT2D eigenvalue weighted by atomic mass is 9.91. The van der Waals surface area contributed by atoms with E-state index in [0.717, 1.165) is 6.42 Å². The molecule has 0 unspecified atom stereocenters. The number of carbonyl (C=O) groups is 2. The third kappa shape index (κ3) is 5.34. The summed E-state index contributed by atoms with van der Waals surface area (Å²) in [6, 6.07) is 1.29. The molecule has 0 saturated heterocycles. The Bertz CT molecular complexity index is 565. The first kappa shape index (κ1) is 19.1. The quantitative estimate of drug-likeness (QED) is 0.301. The number of ether oxygens (including phenoxy) is 2. The Morgan fingerprint density at radius 1 is 1.23 bits per heavy atom. The molecule has 0 aliphatic carbocycles. The number of hydrogen-bond donors (Lipinski definition) is 0. The number of esters is 1. The molecular weight excluding hydrogens is 351 g/mol. The van der Waals surface area contributed by atoms with Crippen molar-refractivity contribution < 1.29 is 19.1 Å². The first-order valence-electron chi connectivity index (χ1n) is 6.62. The van der Waals surface area contributed by atoms with Crippen LogP contribution in [0.25, 0.3) is 0 Å². The fraction of sp³-hybridized carbons (Fsp3) is 0.467. The van der Waals surface area contributed by atoms with Crippen LogP contribution in [0.1, 0.15) is 44.0 Å². The van der Waals surface area contributed by atoms with Gasteiger partial charge in [-0.3, -0.25) is 4.79 Å². The van der Waals surface area contributed by atoms with Gasteiger partial charge in [-0.15, -0.1) is 0 Å². The summed E-state index contributed by atoms with van der Waals surface area (Å²) < 4.78 is 9.89. The van der Waals surface area contributed by atoms with Crippen LogP contribution in [0, 0.1) is 5.41 Å². The molecule has 0 fully saturated rings. The van der Waals surface area contributed by atoms with Gasteiger partial charge in [0.05, 0.1) is 21.7 Å². The average Bonchev–Trinajstić information content (AvgIpc) is 2.40. The summed E-state index contributed by atoms with van der Waals surface area (Å²) in [7, 11) is 0. The molecule has 1 rings (SSSR count). The normalized spacial score (nSPS) is 11.2. The highest BCUT2D eigenvalue weighted by atomic mass is 35.5. The number of hydrogen-bond acceptors (Lipinski definition) is 4. The Balaban J connectivity index is 2.90. The third-order valence-electron chi connectivity index (χ3n) is 2.80. The minimum atomic E-state index is -0.736. The second-order valence-electron chi connectivity index (χ2n) is 5.87. The van der Waals surface area contributed by atoms with Crippen LogP contribution < -0.4 is 4.74 Å². The molecule has 0 aliphatic rings. The molecule has 7 heteroatoms. The van der Waals surface area contributed by atoms with Crippen LogP contribution >= 0.6 is 34.8 Å². The fourth-order valence-electron chi connectivity index (χ4n) is 1.76. The van der Waals surface area contributed by atoms with Crippen molar-refractivity contribution in [2.45, 2.75) is 33.6 Å². The van der Waals surface area contributed by atoms with Crippen LogP contribution in [0.15, 0.2) is 6.07 Å². The standard InChI is InChI=1S/C15H17Cl3O4/c1-15(2,3)5-4-6-21-14(20)11-12(18)9(16)7-10(17)13(11)22-8-19/h7-8H,4-6H2,1-3H3. The molecule has 4 nitrogen and oxygen atoms in total. The minimum Gasteiger partial charge on any atom is -0.462 e. The van der Waals surface area contributed by atoms with Crippen LogP contribution in [0.5, 0.6) is 5.75 Å². The van der Waals surface area contributed by atoms with Gasteiger partial charge < -0.3 is 9.47 Å². The Labute approximate surface area is 144 Å². The monoisotopic (exact) mass is 366 g/mol. The molecule has 0 spiro atoms. The second kappa shape index (κ2) is 8.04. The van der Waals surface area contributed by atoms with E-state index in [0.29, 0.717) is 6.42 Å². The van der Waals surface area contributed by atoms with Crippen molar-refractivity contribution >= 4 is 47.2 Å². The van der Waals surface area contributed by atoms with Gasteiger partial charge in [0.15, 0.2) is 5.75 Å². The van der Waals surface area contributed by atoms with E-state index in [4.69, 9.17) is 44.3 Å². The fourth-order valence-corrected chi connectivity index (χ4v) is 2.49. The first-order chi connectivity index (χ1) is 10.2. The first-order valence-corrected chi connectivity index (χ1v) is 7.75. The molecule has 1 aromatic rings. The molecule has 22 heavy (non-hydrogen) atoms. The largest absolute Gasteiger partial charge is 0.462 e. The average molecular weight is 368 g/mol. The van der Waals surface area contributed by atoms with E-state index in [1.165, 1.54) is 6.07 Å². The highest BCUT2D eigenvalue weighted by Crippen LogP contribution is 2.39.